The van der Waals surface area contributed by atoms with Gasteiger partial charge in [0.05, 0.1) is 0 Å². The summed E-state index contributed by atoms with van der Waals surface area (Å²) in [5.41, 5.74) is 12.9. The van der Waals surface area contributed by atoms with E-state index in [1.165, 1.54) is 0 Å². The first-order valence-corrected chi connectivity index (χ1v) is 3.77. The largest absolute Gasteiger partial charge is 0.398 e. The third kappa shape index (κ3) is 2.53. The van der Waals surface area contributed by atoms with Crippen molar-refractivity contribution < 1.29 is 4.79 Å². The summed E-state index contributed by atoms with van der Waals surface area (Å²) in [6.07, 6.45) is 0. The zero-order valence-electron chi connectivity index (χ0n) is 7.29. The Morgan fingerprint density at radius 2 is 2.15 bits per heavy atom. The maximum absolute atomic E-state index is 10.3. The van der Waals surface area contributed by atoms with Gasteiger partial charge in [-0.05, 0) is 30.5 Å². The molecule has 0 heterocycles. The summed E-state index contributed by atoms with van der Waals surface area (Å²) in [7, 11) is 0. The highest BCUT2D eigenvalue weighted by atomic mass is 16.1. The fourth-order valence-electron chi connectivity index (χ4n) is 0.852. The molecule has 0 fully saturated rings. The second kappa shape index (κ2) is 3.63. The molecule has 3 heteroatoms. The molecule has 66 valence electrons. The van der Waals surface area contributed by atoms with Gasteiger partial charge < -0.3 is 11.5 Å². The van der Waals surface area contributed by atoms with Gasteiger partial charge in [0.25, 0.3) is 5.91 Å². The van der Waals surface area contributed by atoms with Gasteiger partial charge in [0.1, 0.15) is 0 Å². The van der Waals surface area contributed by atoms with Crippen LogP contribution in [0.15, 0.2) is 18.2 Å². The number of nitrogens with two attached hydrogens (primary N) is 2. The van der Waals surface area contributed by atoms with Crippen LogP contribution in [0.1, 0.15) is 11.1 Å². The summed E-state index contributed by atoms with van der Waals surface area (Å²) in [5.74, 6) is 4.21. The van der Waals surface area contributed by atoms with E-state index in [9.17, 15) is 4.79 Å². The molecule has 0 aromatic heterocycles. The third-order valence-corrected chi connectivity index (χ3v) is 1.61. The van der Waals surface area contributed by atoms with E-state index in [0.717, 1.165) is 5.56 Å². The van der Waals surface area contributed by atoms with Gasteiger partial charge in [-0.2, -0.15) is 0 Å². The second-order valence-corrected chi connectivity index (χ2v) is 2.69. The molecule has 13 heavy (non-hydrogen) atoms. The Bertz CT molecular complexity index is 399. The Labute approximate surface area is 76.7 Å². The van der Waals surface area contributed by atoms with Gasteiger partial charge in [-0.3, -0.25) is 4.79 Å². The van der Waals surface area contributed by atoms with Crippen molar-refractivity contribution in [1.29, 1.82) is 0 Å². The Kier molecular flexibility index (Phi) is 2.56. The van der Waals surface area contributed by atoms with E-state index in [4.69, 9.17) is 11.5 Å². The van der Waals surface area contributed by atoms with Crippen molar-refractivity contribution >= 4 is 11.6 Å². The predicted octanol–water partition coefficient (Wildman–Crippen LogP) is 0.414. The first-order chi connectivity index (χ1) is 6.09. The summed E-state index contributed by atoms with van der Waals surface area (Å²) in [4.78, 5) is 10.3. The van der Waals surface area contributed by atoms with E-state index < -0.39 is 5.91 Å². The van der Waals surface area contributed by atoms with E-state index in [0.29, 0.717) is 11.3 Å². The normalized spacial score (nSPS) is 8.69. The average Bonchev–Trinajstić information content (AvgIpc) is 2.07. The van der Waals surface area contributed by atoms with E-state index in [2.05, 4.69) is 11.8 Å². The van der Waals surface area contributed by atoms with Gasteiger partial charge in [0, 0.05) is 11.3 Å². The van der Waals surface area contributed by atoms with Crippen LogP contribution in [-0.4, -0.2) is 5.91 Å². The number of carbonyl (C=O) groups excluding carboxylic acids is 1. The number of aryl methyl sites for hydroxylation is 1. The average molecular weight is 174 g/mol. The Hall–Kier alpha value is -1.95. The van der Waals surface area contributed by atoms with Gasteiger partial charge in [-0.1, -0.05) is 12.0 Å². The molecule has 0 aliphatic rings. The summed E-state index contributed by atoms with van der Waals surface area (Å²) in [6.45, 7) is 1.90. The predicted molar refractivity (Wildman–Crippen MR) is 51.7 cm³/mol. The van der Waals surface area contributed by atoms with Gasteiger partial charge in [0.2, 0.25) is 0 Å². The van der Waals surface area contributed by atoms with Crippen LogP contribution in [-0.2, 0) is 4.79 Å². The number of hydrogen-bond donors (Lipinski definition) is 2. The molecule has 0 radical (unpaired) electrons. The van der Waals surface area contributed by atoms with Crippen molar-refractivity contribution in [3.63, 3.8) is 0 Å². The lowest BCUT2D eigenvalue weighted by atomic mass is 10.1. The topological polar surface area (TPSA) is 69.1 Å². The lowest BCUT2D eigenvalue weighted by molar-refractivity contribution is -0.112. The molecule has 0 aliphatic heterocycles. The van der Waals surface area contributed by atoms with Crippen LogP contribution in [0.3, 0.4) is 0 Å². The van der Waals surface area contributed by atoms with Crippen LogP contribution >= 0.6 is 0 Å². The molecule has 0 atom stereocenters. The molecule has 0 spiro atoms. The summed E-state index contributed by atoms with van der Waals surface area (Å²) in [5, 5.41) is 0. The van der Waals surface area contributed by atoms with Crippen molar-refractivity contribution in [2.24, 2.45) is 5.73 Å². The van der Waals surface area contributed by atoms with Crippen molar-refractivity contribution in [2.45, 2.75) is 6.92 Å². The molecule has 0 saturated heterocycles. The second-order valence-electron chi connectivity index (χ2n) is 2.69. The van der Waals surface area contributed by atoms with Crippen LogP contribution < -0.4 is 11.5 Å². The first-order valence-electron chi connectivity index (χ1n) is 3.77. The monoisotopic (exact) mass is 174 g/mol. The Morgan fingerprint density at radius 1 is 1.46 bits per heavy atom. The number of anilines is 1. The molecule has 1 amide bonds. The number of benzene rings is 1. The highest BCUT2D eigenvalue weighted by molar-refractivity contribution is 5.92. The third-order valence-electron chi connectivity index (χ3n) is 1.61. The molecular weight excluding hydrogens is 164 g/mol. The number of rotatable bonds is 0. The molecule has 1 aromatic carbocycles. The molecule has 0 unspecified atom stereocenters. The lowest BCUT2D eigenvalue weighted by Crippen LogP contribution is -2.06. The summed E-state index contributed by atoms with van der Waals surface area (Å²) in [6, 6.07) is 5.35. The maximum Gasteiger partial charge on any atom is 0.293 e. The van der Waals surface area contributed by atoms with E-state index in [-0.39, 0.29) is 0 Å². The van der Waals surface area contributed by atoms with E-state index in [1.54, 1.807) is 12.1 Å². The fourth-order valence-corrected chi connectivity index (χ4v) is 0.852. The summed E-state index contributed by atoms with van der Waals surface area (Å²) < 4.78 is 0. The number of carbonyl (C=O) groups is 1. The standard InChI is InChI=1S/C10H10N2O/c1-7-2-3-8(6-9(7)11)4-5-10(12)13/h2-3,6H,11H2,1H3,(H2,12,13). The van der Waals surface area contributed by atoms with E-state index in [1.807, 2.05) is 13.0 Å². The fraction of sp³-hybridized carbons (Fsp3) is 0.100. The minimum atomic E-state index is -0.640. The minimum Gasteiger partial charge on any atom is -0.398 e. The van der Waals surface area contributed by atoms with Crippen molar-refractivity contribution in [2.75, 3.05) is 5.73 Å². The Morgan fingerprint density at radius 3 is 2.69 bits per heavy atom. The van der Waals surface area contributed by atoms with Crippen LogP contribution in [0.2, 0.25) is 0 Å². The van der Waals surface area contributed by atoms with Crippen LogP contribution in [0.25, 0.3) is 0 Å². The van der Waals surface area contributed by atoms with Gasteiger partial charge in [-0.25, -0.2) is 0 Å². The Balaban J connectivity index is 3.00. The molecule has 0 bridgehead atoms. The van der Waals surface area contributed by atoms with Crippen LogP contribution in [0.4, 0.5) is 5.69 Å². The maximum atomic E-state index is 10.3. The minimum absolute atomic E-state index is 0.640. The zero-order chi connectivity index (χ0) is 9.84. The molecule has 4 N–H and O–H groups in total. The SMILES string of the molecule is Cc1ccc(C#CC(N)=O)cc1N. The van der Waals surface area contributed by atoms with Gasteiger partial charge >= 0.3 is 0 Å². The van der Waals surface area contributed by atoms with Crippen LogP contribution in [0, 0.1) is 18.8 Å². The molecule has 3 nitrogen and oxygen atoms in total. The number of nitrogen functional groups attached to an aromatic ring is 1. The van der Waals surface area contributed by atoms with Crippen LogP contribution in [0.5, 0.6) is 0 Å². The number of hydrogen-bond acceptors (Lipinski definition) is 2. The first kappa shape index (κ1) is 9.14. The molecule has 1 rings (SSSR count). The quantitative estimate of drug-likeness (QED) is 0.442. The molecule has 0 aliphatic carbocycles. The highest BCUT2D eigenvalue weighted by Gasteiger charge is 1.93. The number of amides is 1. The van der Waals surface area contributed by atoms with Gasteiger partial charge in [-0.15, -0.1) is 0 Å². The summed E-state index contributed by atoms with van der Waals surface area (Å²) >= 11 is 0. The molecule has 1 aromatic rings. The highest BCUT2D eigenvalue weighted by Crippen LogP contribution is 2.11. The van der Waals surface area contributed by atoms with Crippen molar-refractivity contribution in [1.82, 2.24) is 0 Å². The van der Waals surface area contributed by atoms with Crippen molar-refractivity contribution in [3.8, 4) is 11.8 Å². The smallest absolute Gasteiger partial charge is 0.293 e. The lowest BCUT2D eigenvalue weighted by Gasteiger charge is -1.98. The number of primary amides is 1. The molecule has 0 saturated carbocycles. The molecular formula is C10H10N2O. The van der Waals surface area contributed by atoms with Crippen molar-refractivity contribution in [3.05, 3.63) is 29.3 Å². The van der Waals surface area contributed by atoms with E-state index >= 15 is 0 Å². The zero-order valence-corrected chi connectivity index (χ0v) is 7.29. The van der Waals surface area contributed by atoms with Gasteiger partial charge in [0.15, 0.2) is 0 Å².